The van der Waals surface area contributed by atoms with Gasteiger partial charge in [0, 0.05) is 46.2 Å². The first-order valence-corrected chi connectivity index (χ1v) is 11.6. The third-order valence-corrected chi connectivity index (χ3v) is 5.97. The molecule has 0 fully saturated rings. The van der Waals surface area contributed by atoms with E-state index in [4.69, 9.17) is 0 Å². The normalized spacial score (nSPS) is 12.0. The molecule has 2 aromatic carbocycles. The van der Waals surface area contributed by atoms with E-state index in [0.717, 1.165) is 36.5 Å². The number of rotatable bonds is 8. The molecular weight excluding hydrogens is 384 g/mol. The van der Waals surface area contributed by atoms with Crippen molar-refractivity contribution in [2.75, 3.05) is 38.8 Å². The summed E-state index contributed by atoms with van der Waals surface area (Å²) in [6, 6.07) is 14.0. The molecular formula is C22H32N4O2S. The summed E-state index contributed by atoms with van der Waals surface area (Å²) in [6.45, 7) is 3.22. The summed E-state index contributed by atoms with van der Waals surface area (Å²) in [6.07, 6.45) is 3.24. The molecule has 0 heterocycles. The lowest BCUT2D eigenvalue weighted by Gasteiger charge is -2.14. The van der Waals surface area contributed by atoms with Crippen LogP contribution in [0.4, 0.5) is 5.69 Å². The van der Waals surface area contributed by atoms with Crippen LogP contribution in [0.15, 0.2) is 52.4 Å². The van der Waals surface area contributed by atoms with Crippen LogP contribution in [0.25, 0.3) is 0 Å². The van der Waals surface area contributed by atoms with Gasteiger partial charge >= 0.3 is 0 Å². The zero-order chi connectivity index (χ0) is 21.4. The molecule has 0 aliphatic carbocycles. The summed E-state index contributed by atoms with van der Waals surface area (Å²) in [5.41, 5.74) is 4.30. The van der Waals surface area contributed by atoms with Crippen LogP contribution in [0, 0.1) is 6.92 Å². The molecule has 6 nitrogen and oxygen atoms in total. The molecule has 0 bridgehead atoms. The van der Waals surface area contributed by atoms with Crippen LogP contribution in [0.3, 0.4) is 0 Å². The minimum Gasteiger partial charge on any atom is -0.378 e. The molecule has 0 aliphatic heterocycles. The van der Waals surface area contributed by atoms with Crippen molar-refractivity contribution in [2.45, 2.75) is 31.2 Å². The molecule has 0 spiro atoms. The van der Waals surface area contributed by atoms with Gasteiger partial charge in [0.25, 0.3) is 0 Å². The third-order valence-electron chi connectivity index (χ3n) is 4.71. The van der Waals surface area contributed by atoms with Gasteiger partial charge < -0.3 is 15.5 Å². The lowest BCUT2D eigenvalue weighted by molar-refractivity contribution is 0.601. The first-order chi connectivity index (χ1) is 13.7. The highest BCUT2D eigenvalue weighted by atomic mass is 32.2. The lowest BCUT2D eigenvalue weighted by atomic mass is 10.1. The molecule has 2 N–H and O–H groups in total. The van der Waals surface area contributed by atoms with Crippen LogP contribution in [-0.4, -0.2) is 48.3 Å². The Morgan fingerprint density at radius 3 is 2.24 bits per heavy atom. The third kappa shape index (κ3) is 7.09. The van der Waals surface area contributed by atoms with Crippen LogP contribution >= 0.6 is 0 Å². The van der Waals surface area contributed by atoms with E-state index in [2.05, 4.69) is 44.8 Å². The average Bonchev–Trinajstić information content (AvgIpc) is 2.66. The zero-order valence-electron chi connectivity index (χ0n) is 18.0. The number of nitrogens with one attached hydrogen (secondary N) is 2. The highest BCUT2D eigenvalue weighted by Crippen LogP contribution is 2.16. The maximum Gasteiger partial charge on any atom is 0.191 e. The van der Waals surface area contributed by atoms with Crippen molar-refractivity contribution in [3.8, 4) is 0 Å². The van der Waals surface area contributed by atoms with Crippen molar-refractivity contribution in [1.82, 2.24) is 10.6 Å². The quantitative estimate of drug-likeness (QED) is 0.393. The minimum atomic E-state index is -3.19. The number of guanidine groups is 1. The van der Waals surface area contributed by atoms with Gasteiger partial charge in [0.15, 0.2) is 15.8 Å². The molecule has 0 aliphatic rings. The zero-order valence-corrected chi connectivity index (χ0v) is 18.8. The molecule has 158 valence electrons. The Hall–Kier alpha value is -2.54. The number of aliphatic imine (C=N–C) groups is 1. The second kappa shape index (κ2) is 10.3. The Bertz CT molecular complexity index is 936. The Kier molecular flexibility index (Phi) is 8.08. The van der Waals surface area contributed by atoms with Gasteiger partial charge in [0.2, 0.25) is 0 Å². The summed E-state index contributed by atoms with van der Waals surface area (Å²) >= 11 is 0. The second-order valence-electron chi connectivity index (χ2n) is 7.39. The fraction of sp³-hybridized carbons (Fsp3) is 0.409. The van der Waals surface area contributed by atoms with E-state index in [9.17, 15) is 8.42 Å². The van der Waals surface area contributed by atoms with Crippen molar-refractivity contribution in [3.05, 3.63) is 59.2 Å². The van der Waals surface area contributed by atoms with Crippen molar-refractivity contribution in [1.29, 1.82) is 0 Å². The Morgan fingerprint density at radius 2 is 1.69 bits per heavy atom. The minimum absolute atomic E-state index is 0.377. The summed E-state index contributed by atoms with van der Waals surface area (Å²) in [4.78, 5) is 6.72. The predicted molar refractivity (Wildman–Crippen MR) is 122 cm³/mol. The van der Waals surface area contributed by atoms with Crippen molar-refractivity contribution < 1.29 is 8.42 Å². The van der Waals surface area contributed by atoms with E-state index in [1.165, 1.54) is 17.5 Å². The van der Waals surface area contributed by atoms with Gasteiger partial charge in [-0.15, -0.1) is 0 Å². The first-order valence-electron chi connectivity index (χ1n) is 9.71. The van der Waals surface area contributed by atoms with Gasteiger partial charge in [0.1, 0.15) is 0 Å². The van der Waals surface area contributed by atoms with Crippen molar-refractivity contribution >= 4 is 21.5 Å². The summed E-state index contributed by atoms with van der Waals surface area (Å²) < 4.78 is 23.5. The van der Waals surface area contributed by atoms with Gasteiger partial charge in [0.05, 0.1) is 4.90 Å². The van der Waals surface area contributed by atoms with Crippen LogP contribution < -0.4 is 15.5 Å². The Balaban J connectivity index is 1.79. The van der Waals surface area contributed by atoms with E-state index >= 15 is 0 Å². The van der Waals surface area contributed by atoms with Gasteiger partial charge in [-0.05, 0) is 54.7 Å². The number of hydrogen-bond acceptors (Lipinski definition) is 4. The molecule has 29 heavy (non-hydrogen) atoms. The number of anilines is 1. The number of sulfone groups is 1. The van der Waals surface area contributed by atoms with Crippen molar-refractivity contribution in [3.63, 3.8) is 0 Å². The SMILES string of the molecule is CN=C(NCCCc1ccc(N(C)C)cc1)NCc1ccc(S(C)(=O)=O)c(C)c1. The highest BCUT2D eigenvalue weighted by Gasteiger charge is 2.11. The molecule has 2 rings (SSSR count). The monoisotopic (exact) mass is 416 g/mol. The number of benzene rings is 2. The van der Waals surface area contributed by atoms with Gasteiger partial charge in [-0.25, -0.2) is 8.42 Å². The average molecular weight is 417 g/mol. The number of nitrogens with zero attached hydrogens (tertiary/aromatic N) is 2. The summed E-state index contributed by atoms with van der Waals surface area (Å²) in [5.74, 6) is 0.734. The highest BCUT2D eigenvalue weighted by molar-refractivity contribution is 7.90. The lowest BCUT2D eigenvalue weighted by Crippen LogP contribution is -2.37. The number of hydrogen-bond donors (Lipinski definition) is 2. The van der Waals surface area contributed by atoms with Crippen LogP contribution in [0.5, 0.6) is 0 Å². The van der Waals surface area contributed by atoms with E-state index in [0.29, 0.717) is 11.4 Å². The topological polar surface area (TPSA) is 73.8 Å². The van der Waals surface area contributed by atoms with E-state index in [1.807, 2.05) is 33.2 Å². The molecule has 0 saturated heterocycles. The molecule has 0 atom stereocenters. The Labute approximate surface area is 175 Å². The maximum absolute atomic E-state index is 11.7. The van der Waals surface area contributed by atoms with Crippen LogP contribution in [-0.2, 0) is 22.8 Å². The second-order valence-corrected chi connectivity index (χ2v) is 9.37. The van der Waals surface area contributed by atoms with E-state index < -0.39 is 9.84 Å². The standard InChI is InChI=1S/C22H32N4O2S/c1-17-15-19(10-13-21(17)29(5,27)28)16-25-22(23-2)24-14-6-7-18-8-11-20(12-9-18)26(3)4/h8-13,15H,6-7,14,16H2,1-5H3,(H2,23,24,25). The van der Waals surface area contributed by atoms with Gasteiger partial charge in [-0.1, -0.05) is 24.3 Å². The first kappa shape index (κ1) is 22.7. The maximum atomic E-state index is 11.7. The van der Waals surface area contributed by atoms with Crippen LogP contribution in [0.1, 0.15) is 23.1 Å². The molecule has 0 unspecified atom stereocenters. The van der Waals surface area contributed by atoms with E-state index in [1.54, 1.807) is 13.1 Å². The van der Waals surface area contributed by atoms with Gasteiger partial charge in [-0.2, -0.15) is 0 Å². The fourth-order valence-corrected chi connectivity index (χ4v) is 4.06. The van der Waals surface area contributed by atoms with Crippen LogP contribution in [0.2, 0.25) is 0 Å². The van der Waals surface area contributed by atoms with Crippen molar-refractivity contribution in [2.24, 2.45) is 4.99 Å². The van der Waals surface area contributed by atoms with E-state index in [-0.39, 0.29) is 0 Å². The molecule has 0 radical (unpaired) electrons. The molecule has 0 saturated carbocycles. The fourth-order valence-electron chi connectivity index (χ4n) is 3.10. The predicted octanol–water partition coefficient (Wildman–Crippen LogP) is 2.76. The molecule has 0 amide bonds. The Morgan fingerprint density at radius 1 is 1.03 bits per heavy atom. The number of aryl methyl sites for hydroxylation is 2. The largest absolute Gasteiger partial charge is 0.378 e. The molecule has 0 aromatic heterocycles. The summed E-state index contributed by atoms with van der Waals surface area (Å²) in [5, 5.41) is 6.60. The summed E-state index contributed by atoms with van der Waals surface area (Å²) in [7, 11) is 2.63. The molecule has 2 aromatic rings. The smallest absolute Gasteiger partial charge is 0.191 e. The molecule has 7 heteroatoms. The van der Waals surface area contributed by atoms with Gasteiger partial charge in [-0.3, -0.25) is 4.99 Å².